The second-order valence-electron chi connectivity index (χ2n) is 8.95. The van der Waals surface area contributed by atoms with E-state index in [0.717, 1.165) is 29.4 Å². The molecule has 1 fully saturated rings. The van der Waals surface area contributed by atoms with Crippen molar-refractivity contribution in [2.45, 2.75) is 49.9 Å². The van der Waals surface area contributed by atoms with Crippen LogP contribution in [0, 0.1) is 18.7 Å². The van der Waals surface area contributed by atoms with Gasteiger partial charge in [-0.2, -0.15) is 0 Å². The van der Waals surface area contributed by atoms with Crippen molar-refractivity contribution < 1.29 is 17.9 Å². The van der Waals surface area contributed by atoms with Crippen molar-refractivity contribution in [2.75, 3.05) is 6.26 Å². The van der Waals surface area contributed by atoms with Gasteiger partial charge in [-0.25, -0.2) is 12.8 Å². The Bertz CT molecular complexity index is 1170. The van der Waals surface area contributed by atoms with E-state index in [1.54, 1.807) is 32.3 Å². The molecule has 2 unspecified atom stereocenters. The van der Waals surface area contributed by atoms with Crippen LogP contribution in [-0.2, 0) is 21.0 Å². The molecule has 0 radical (unpaired) electrons. The van der Waals surface area contributed by atoms with Gasteiger partial charge >= 0.3 is 0 Å². The standard InChI is InChI=1S/C23H27FN2O3S/c1-15-4-7-18(24)11-20(15)22(2,30(3,28)29)14-23(27,17-5-6-17)12-19-10-16-8-9-25-13-21(16)26-19/h4,7-11,13,17,26-27H,5-6,12,14H2,1-3H3. The van der Waals surface area contributed by atoms with Crippen LogP contribution in [-0.4, -0.2) is 35.3 Å². The molecule has 5 nitrogen and oxygen atoms in total. The monoisotopic (exact) mass is 430 g/mol. The highest BCUT2D eigenvalue weighted by Crippen LogP contribution is 2.49. The van der Waals surface area contributed by atoms with E-state index in [1.165, 1.54) is 18.4 Å². The number of fused-ring (bicyclic) bond motifs is 1. The number of aryl methyl sites for hydroxylation is 1. The van der Waals surface area contributed by atoms with Gasteiger partial charge in [0.2, 0.25) is 0 Å². The number of aromatic amines is 1. The molecule has 2 aromatic heterocycles. The van der Waals surface area contributed by atoms with Gasteiger partial charge in [0.1, 0.15) is 5.82 Å². The van der Waals surface area contributed by atoms with Gasteiger partial charge in [-0.3, -0.25) is 4.98 Å². The molecule has 2 heterocycles. The number of nitrogens with zero attached hydrogens (tertiary/aromatic N) is 1. The van der Waals surface area contributed by atoms with E-state index in [9.17, 15) is 17.9 Å². The summed E-state index contributed by atoms with van der Waals surface area (Å²) in [6.07, 6.45) is 6.60. The quantitative estimate of drug-likeness (QED) is 0.593. The van der Waals surface area contributed by atoms with Gasteiger partial charge < -0.3 is 10.1 Å². The molecule has 0 bridgehead atoms. The molecule has 1 aliphatic carbocycles. The van der Waals surface area contributed by atoms with Gasteiger partial charge in [0.25, 0.3) is 0 Å². The molecule has 4 rings (SSSR count). The molecule has 2 atom stereocenters. The second kappa shape index (κ2) is 7.17. The molecule has 1 saturated carbocycles. The lowest BCUT2D eigenvalue weighted by atomic mass is 9.79. The van der Waals surface area contributed by atoms with Gasteiger partial charge in [0.15, 0.2) is 9.84 Å². The topological polar surface area (TPSA) is 83.1 Å². The smallest absolute Gasteiger partial charge is 0.157 e. The molecule has 2 N–H and O–H groups in total. The first kappa shape index (κ1) is 21.0. The van der Waals surface area contributed by atoms with Crippen LogP contribution in [0.15, 0.2) is 42.7 Å². The number of hydrogen-bond acceptors (Lipinski definition) is 4. The van der Waals surface area contributed by atoms with Crippen LogP contribution in [0.1, 0.15) is 43.0 Å². The zero-order valence-electron chi connectivity index (χ0n) is 17.4. The fourth-order valence-corrected chi connectivity index (χ4v) is 5.73. The van der Waals surface area contributed by atoms with Crippen molar-refractivity contribution in [2.24, 2.45) is 5.92 Å². The van der Waals surface area contributed by atoms with Crippen LogP contribution in [0.5, 0.6) is 0 Å². The summed E-state index contributed by atoms with van der Waals surface area (Å²) in [5.41, 5.74) is 1.58. The Morgan fingerprint density at radius 3 is 2.63 bits per heavy atom. The van der Waals surface area contributed by atoms with E-state index in [1.807, 2.05) is 12.1 Å². The average Bonchev–Trinajstić information content (AvgIpc) is 3.44. The number of benzene rings is 1. The molecule has 3 aromatic rings. The van der Waals surface area contributed by atoms with E-state index >= 15 is 0 Å². The number of aliphatic hydroxyl groups is 1. The summed E-state index contributed by atoms with van der Waals surface area (Å²) in [5, 5.41) is 12.7. The summed E-state index contributed by atoms with van der Waals surface area (Å²) in [4.78, 5) is 7.40. The minimum Gasteiger partial charge on any atom is -0.389 e. The zero-order valence-corrected chi connectivity index (χ0v) is 18.3. The maximum atomic E-state index is 14.1. The van der Waals surface area contributed by atoms with Crippen LogP contribution in [0.3, 0.4) is 0 Å². The summed E-state index contributed by atoms with van der Waals surface area (Å²) in [6, 6.07) is 8.07. The third-order valence-corrected chi connectivity index (χ3v) is 8.55. The van der Waals surface area contributed by atoms with Crippen molar-refractivity contribution >= 4 is 20.7 Å². The Kier molecular flexibility index (Phi) is 5.02. The Morgan fingerprint density at radius 2 is 2.00 bits per heavy atom. The van der Waals surface area contributed by atoms with Gasteiger partial charge in [0.05, 0.1) is 22.1 Å². The molecule has 0 amide bonds. The molecule has 1 aromatic carbocycles. The number of rotatable bonds is 7. The first-order valence-electron chi connectivity index (χ1n) is 10.1. The summed E-state index contributed by atoms with van der Waals surface area (Å²) in [7, 11) is -3.66. The molecule has 7 heteroatoms. The third kappa shape index (κ3) is 3.76. The van der Waals surface area contributed by atoms with Gasteiger partial charge in [0, 0.05) is 36.4 Å². The first-order chi connectivity index (χ1) is 14.0. The lowest BCUT2D eigenvalue weighted by Crippen LogP contribution is -2.45. The number of halogens is 1. The fraction of sp³-hybridized carbons (Fsp3) is 0.435. The first-order valence-corrected chi connectivity index (χ1v) is 12.0. The number of hydrogen-bond donors (Lipinski definition) is 2. The Balaban J connectivity index is 1.76. The minimum absolute atomic E-state index is 0.00140. The summed E-state index contributed by atoms with van der Waals surface area (Å²) < 4.78 is 38.6. The van der Waals surface area contributed by atoms with Crippen molar-refractivity contribution in [3.05, 3.63) is 65.4 Å². The normalized spacial score (nSPS) is 18.8. The SMILES string of the molecule is Cc1ccc(F)cc1C(C)(CC(O)(Cc1cc2ccncc2[nH]1)C1CC1)S(C)(=O)=O. The minimum atomic E-state index is -3.66. The molecule has 0 spiro atoms. The lowest BCUT2D eigenvalue weighted by Gasteiger charge is -2.39. The van der Waals surface area contributed by atoms with E-state index < -0.39 is 26.0 Å². The van der Waals surface area contributed by atoms with E-state index in [4.69, 9.17) is 0 Å². The number of nitrogens with one attached hydrogen (secondary N) is 1. The summed E-state index contributed by atoms with van der Waals surface area (Å²) in [5.74, 6) is -0.472. The van der Waals surface area contributed by atoms with Crippen molar-refractivity contribution in [3.8, 4) is 0 Å². The fourth-order valence-electron chi connectivity index (χ4n) is 4.60. The van der Waals surface area contributed by atoms with E-state index in [-0.39, 0.29) is 12.3 Å². The largest absolute Gasteiger partial charge is 0.389 e. The second-order valence-corrected chi connectivity index (χ2v) is 11.4. The highest BCUT2D eigenvalue weighted by Gasteiger charge is 2.52. The van der Waals surface area contributed by atoms with E-state index in [2.05, 4.69) is 9.97 Å². The molecule has 0 aliphatic heterocycles. The van der Waals surface area contributed by atoms with Gasteiger partial charge in [-0.1, -0.05) is 6.07 Å². The average molecular weight is 431 g/mol. The summed E-state index contributed by atoms with van der Waals surface area (Å²) >= 11 is 0. The van der Waals surface area contributed by atoms with Crippen LogP contribution >= 0.6 is 0 Å². The van der Waals surface area contributed by atoms with Crippen molar-refractivity contribution in [3.63, 3.8) is 0 Å². The number of sulfone groups is 1. The predicted molar refractivity (Wildman–Crippen MR) is 115 cm³/mol. The number of pyridine rings is 1. The van der Waals surface area contributed by atoms with Crippen LogP contribution in [0.4, 0.5) is 4.39 Å². The highest BCUT2D eigenvalue weighted by molar-refractivity contribution is 7.91. The Morgan fingerprint density at radius 1 is 1.27 bits per heavy atom. The van der Waals surface area contributed by atoms with E-state index in [0.29, 0.717) is 17.5 Å². The zero-order chi connectivity index (χ0) is 21.7. The van der Waals surface area contributed by atoms with Gasteiger partial charge in [-0.15, -0.1) is 0 Å². The van der Waals surface area contributed by atoms with Crippen LogP contribution < -0.4 is 0 Å². The molecule has 0 saturated heterocycles. The highest BCUT2D eigenvalue weighted by atomic mass is 32.2. The van der Waals surface area contributed by atoms with Gasteiger partial charge in [-0.05, 0) is 68.0 Å². The lowest BCUT2D eigenvalue weighted by molar-refractivity contribution is -0.00142. The Labute approximate surface area is 176 Å². The maximum absolute atomic E-state index is 14.1. The molecule has 30 heavy (non-hydrogen) atoms. The molecule has 1 aliphatic rings. The predicted octanol–water partition coefficient (Wildman–Crippen LogP) is 4.04. The molecular weight excluding hydrogens is 403 g/mol. The molecular formula is C23H27FN2O3S. The summed E-state index contributed by atoms with van der Waals surface area (Å²) in [6.45, 7) is 3.38. The maximum Gasteiger partial charge on any atom is 0.157 e. The number of H-pyrrole nitrogens is 1. The number of aromatic nitrogens is 2. The van der Waals surface area contributed by atoms with Crippen LogP contribution in [0.25, 0.3) is 10.9 Å². The van der Waals surface area contributed by atoms with Crippen LogP contribution in [0.2, 0.25) is 0 Å². The van der Waals surface area contributed by atoms with Crippen molar-refractivity contribution in [1.29, 1.82) is 0 Å². The van der Waals surface area contributed by atoms with Crippen molar-refractivity contribution in [1.82, 2.24) is 9.97 Å². The Hall–Kier alpha value is -2.25. The third-order valence-electron chi connectivity index (χ3n) is 6.54. The molecule has 160 valence electrons.